The van der Waals surface area contributed by atoms with Crippen LogP contribution in [0.2, 0.25) is 0 Å². The molecular weight excluding hydrogens is 250 g/mol. The van der Waals surface area contributed by atoms with E-state index in [4.69, 9.17) is 0 Å². The molecule has 1 aromatic heterocycles. The van der Waals surface area contributed by atoms with E-state index in [1.807, 2.05) is 11.3 Å². The lowest BCUT2D eigenvalue weighted by Gasteiger charge is -2.14. The van der Waals surface area contributed by atoms with Crippen molar-refractivity contribution >= 4 is 11.3 Å². The number of hydrogen-bond acceptors (Lipinski definition) is 2. The van der Waals surface area contributed by atoms with Gasteiger partial charge in [-0.15, -0.1) is 11.3 Å². The summed E-state index contributed by atoms with van der Waals surface area (Å²) in [6.45, 7) is 2.28. The van der Waals surface area contributed by atoms with E-state index in [1.54, 1.807) is 0 Å². The van der Waals surface area contributed by atoms with Gasteiger partial charge in [0, 0.05) is 10.9 Å². The van der Waals surface area contributed by atoms with Gasteiger partial charge < -0.3 is 5.32 Å². The molecule has 0 bridgehead atoms. The molecule has 19 heavy (non-hydrogen) atoms. The zero-order chi connectivity index (χ0) is 13.8. The SMILES string of the molecule is CCCCCCCCCCCC(NC)c1cccs1. The maximum Gasteiger partial charge on any atom is 0.0412 e. The molecule has 1 rings (SSSR count). The van der Waals surface area contributed by atoms with E-state index in [0.717, 1.165) is 0 Å². The normalized spacial score (nSPS) is 12.7. The van der Waals surface area contributed by atoms with Crippen LogP contribution in [0.4, 0.5) is 0 Å². The molecule has 2 heteroatoms. The van der Waals surface area contributed by atoms with Crippen LogP contribution in [0.15, 0.2) is 17.5 Å². The molecule has 0 radical (unpaired) electrons. The molecule has 1 heterocycles. The molecule has 1 aromatic rings. The van der Waals surface area contributed by atoms with E-state index in [-0.39, 0.29) is 0 Å². The third-order valence-corrected chi connectivity index (χ3v) is 4.82. The highest BCUT2D eigenvalue weighted by Gasteiger charge is 2.08. The van der Waals surface area contributed by atoms with Crippen molar-refractivity contribution in [3.63, 3.8) is 0 Å². The standard InChI is InChI=1S/C17H31NS/c1-3-4-5-6-7-8-9-10-11-13-16(18-2)17-14-12-15-19-17/h12,14-16,18H,3-11,13H2,1-2H3. The van der Waals surface area contributed by atoms with E-state index in [9.17, 15) is 0 Å². The highest BCUT2D eigenvalue weighted by atomic mass is 32.1. The molecule has 1 unspecified atom stereocenters. The Balaban J connectivity index is 1.95. The lowest BCUT2D eigenvalue weighted by molar-refractivity contribution is 0.498. The number of hydrogen-bond donors (Lipinski definition) is 1. The Morgan fingerprint density at radius 3 is 2.16 bits per heavy atom. The average Bonchev–Trinajstić information content (AvgIpc) is 2.95. The van der Waals surface area contributed by atoms with Crippen molar-refractivity contribution in [2.75, 3.05) is 7.05 Å². The highest BCUT2D eigenvalue weighted by Crippen LogP contribution is 2.24. The van der Waals surface area contributed by atoms with E-state index in [0.29, 0.717) is 6.04 Å². The third kappa shape index (κ3) is 7.74. The maximum absolute atomic E-state index is 3.44. The minimum Gasteiger partial charge on any atom is -0.312 e. The molecule has 0 aliphatic heterocycles. The van der Waals surface area contributed by atoms with Crippen LogP contribution >= 0.6 is 11.3 Å². The van der Waals surface area contributed by atoms with E-state index >= 15 is 0 Å². The minimum absolute atomic E-state index is 0.574. The second kappa shape index (κ2) is 11.5. The van der Waals surface area contributed by atoms with E-state index in [1.165, 1.54) is 69.1 Å². The fraction of sp³-hybridized carbons (Fsp3) is 0.765. The molecule has 0 fully saturated rings. The van der Waals surface area contributed by atoms with Crippen molar-refractivity contribution in [2.24, 2.45) is 0 Å². The summed E-state index contributed by atoms with van der Waals surface area (Å²) in [5.74, 6) is 0. The van der Waals surface area contributed by atoms with Crippen LogP contribution in [0.5, 0.6) is 0 Å². The quantitative estimate of drug-likeness (QED) is 0.468. The Hall–Kier alpha value is -0.340. The van der Waals surface area contributed by atoms with E-state index < -0.39 is 0 Å². The molecular formula is C17H31NS. The Morgan fingerprint density at radius 1 is 1.00 bits per heavy atom. The van der Waals surface area contributed by atoms with Crippen LogP contribution in [0, 0.1) is 0 Å². The van der Waals surface area contributed by atoms with Gasteiger partial charge in [-0.2, -0.15) is 0 Å². The lowest BCUT2D eigenvalue weighted by atomic mass is 10.0. The number of rotatable bonds is 12. The van der Waals surface area contributed by atoms with Crippen molar-refractivity contribution < 1.29 is 0 Å². The summed E-state index contributed by atoms with van der Waals surface area (Å²) in [5, 5.41) is 5.62. The highest BCUT2D eigenvalue weighted by molar-refractivity contribution is 7.10. The van der Waals surface area contributed by atoms with Gasteiger partial charge in [0.25, 0.3) is 0 Å². The van der Waals surface area contributed by atoms with Crippen molar-refractivity contribution in [3.05, 3.63) is 22.4 Å². The predicted octanol–water partition coefficient (Wildman–Crippen LogP) is 5.93. The number of unbranched alkanes of at least 4 members (excludes halogenated alkanes) is 8. The van der Waals surface area contributed by atoms with Crippen LogP contribution in [0.1, 0.15) is 82.1 Å². The van der Waals surface area contributed by atoms with Crippen LogP contribution in [-0.4, -0.2) is 7.05 Å². The molecule has 1 atom stereocenters. The van der Waals surface area contributed by atoms with Gasteiger partial charge in [-0.3, -0.25) is 0 Å². The largest absolute Gasteiger partial charge is 0.312 e. The molecule has 1 nitrogen and oxygen atoms in total. The summed E-state index contributed by atoms with van der Waals surface area (Å²) in [7, 11) is 2.08. The van der Waals surface area contributed by atoms with Crippen molar-refractivity contribution in [1.29, 1.82) is 0 Å². The predicted molar refractivity (Wildman–Crippen MR) is 88.0 cm³/mol. The van der Waals surface area contributed by atoms with Gasteiger partial charge in [0.2, 0.25) is 0 Å². The van der Waals surface area contributed by atoms with Crippen LogP contribution in [0.3, 0.4) is 0 Å². The molecule has 0 aliphatic carbocycles. The van der Waals surface area contributed by atoms with Crippen molar-refractivity contribution in [3.8, 4) is 0 Å². The summed E-state index contributed by atoms with van der Waals surface area (Å²) >= 11 is 1.87. The number of thiophene rings is 1. The van der Waals surface area contributed by atoms with Gasteiger partial charge >= 0.3 is 0 Å². The summed E-state index contributed by atoms with van der Waals surface area (Å²) in [5.41, 5.74) is 0. The fourth-order valence-corrected chi connectivity index (χ4v) is 3.45. The molecule has 0 saturated carbocycles. The smallest absolute Gasteiger partial charge is 0.0412 e. The zero-order valence-electron chi connectivity index (χ0n) is 12.8. The van der Waals surface area contributed by atoms with Crippen LogP contribution in [-0.2, 0) is 0 Å². The zero-order valence-corrected chi connectivity index (χ0v) is 13.6. The second-order valence-corrected chi connectivity index (χ2v) is 6.45. The van der Waals surface area contributed by atoms with Crippen molar-refractivity contribution in [2.45, 2.75) is 77.2 Å². The molecule has 1 N–H and O–H groups in total. The first-order chi connectivity index (χ1) is 9.38. The third-order valence-electron chi connectivity index (χ3n) is 3.83. The van der Waals surface area contributed by atoms with Gasteiger partial charge in [-0.25, -0.2) is 0 Å². The second-order valence-electron chi connectivity index (χ2n) is 5.47. The fourth-order valence-electron chi connectivity index (χ4n) is 2.58. The number of nitrogens with one attached hydrogen (secondary N) is 1. The molecule has 0 aromatic carbocycles. The molecule has 0 amide bonds. The first-order valence-corrected chi connectivity index (χ1v) is 8.97. The summed E-state index contributed by atoms with van der Waals surface area (Å²) in [4.78, 5) is 1.49. The van der Waals surface area contributed by atoms with Crippen LogP contribution in [0.25, 0.3) is 0 Å². The topological polar surface area (TPSA) is 12.0 Å². The van der Waals surface area contributed by atoms with Gasteiger partial charge in [0.05, 0.1) is 0 Å². The summed E-state index contributed by atoms with van der Waals surface area (Å²) < 4.78 is 0. The lowest BCUT2D eigenvalue weighted by Crippen LogP contribution is -2.14. The minimum atomic E-state index is 0.574. The summed E-state index contributed by atoms with van der Waals surface area (Å²) in [6.07, 6.45) is 14.0. The van der Waals surface area contributed by atoms with Gasteiger partial charge in [0.1, 0.15) is 0 Å². The Kier molecular flexibility index (Phi) is 10.1. The Morgan fingerprint density at radius 2 is 1.63 bits per heavy atom. The van der Waals surface area contributed by atoms with Gasteiger partial charge in [-0.05, 0) is 24.9 Å². The van der Waals surface area contributed by atoms with Gasteiger partial charge in [0.15, 0.2) is 0 Å². The molecule has 110 valence electrons. The van der Waals surface area contributed by atoms with Crippen molar-refractivity contribution in [1.82, 2.24) is 5.32 Å². The summed E-state index contributed by atoms with van der Waals surface area (Å²) in [6, 6.07) is 4.98. The molecule has 0 aliphatic rings. The Bertz CT molecular complexity index is 281. The molecule has 0 spiro atoms. The van der Waals surface area contributed by atoms with Gasteiger partial charge in [-0.1, -0.05) is 70.8 Å². The maximum atomic E-state index is 3.44. The Labute approximate surface area is 123 Å². The monoisotopic (exact) mass is 281 g/mol. The molecule has 0 saturated heterocycles. The first-order valence-electron chi connectivity index (χ1n) is 8.09. The van der Waals surface area contributed by atoms with E-state index in [2.05, 4.69) is 36.8 Å². The van der Waals surface area contributed by atoms with Crippen LogP contribution < -0.4 is 5.32 Å². The average molecular weight is 282 g/mol. The first kappa shape index (κ1) is 16.7.